The number of nitrogens with two attached hydrogens (primary N) is 1. The van der Waals surface area contributed by atoms with Crippen LogP contribution in [0.2, 0.25) is 0 Å². The fourth-order valence-corrected chi connectivity index (χ4v) is 3.46. The van der Waals surface area contributed by atoms with Crippen molar-refractivity contribution < 1.29 is 18.1 Å². The number of anilines is 1. The Bertz CT molecular complexity index is 701. The molecule has 9 heteroatoms. The zero-order valence-corrected chi connectivity index (χ0v) is 12.2. The average Bonchev–Trinajstić information content (AvgIpc) is 2.66. The maximum atomic E-state index is 12.1. The van der Waals surface area contributed by atoms with Crippen LogP contribution in [-0.2, 0) is 14.8 Å². The minimum atomic E-state index is -3.69. The summed E-state index contributed by atoms with van der Waals surface area (Å²) in [6.45, 7) is 1.78. The minimum Gasteiger partial charge on any atom is -0.306 e. The van der Waals surface area contributed by atoms with E-state index < -0.39 is 20.9 Å². The molecule has 1 heterocycles. The molecule has 0 aliphatic carbocycles. The van der Waals surface area contributed by atoms with Gasteiger partial charge in [0.1, 0.15) is 5.69 Å². The van der Waals surface area contributed by atoms with Crippen LogP contribution in [0, 0.1) is 23.0 Å². The first kappa shape index (κ1) is 15.4. The van der Waals surface area contributed by atoms with Gasteiger partial charge >= 0.3 is 0 Å². The highest BCUT2D eigenvalue weighted by atomic mass is 32.2. The van der Waals surface area contributed by atoms with Crippen molar-refractivity contribution in [2.24, 2.45) is 11.1 Å². The number of carbonyl (C=O) groups is 1. The Morgan fingerprint density at radius 1 is 1.48 bits per heavy atom. The molecule has 1 atom stereocenters. The Labute approximate surface area is 121 Å². The Balaban J connectivity index is 2.36. The maximum absolute atomic E-state index is 12.1. The molecule has 114 valence electrons. The van der Waals surface area contributed by atoms with Crippen LogP contribution >= 0.6 is 0 Å². The highest BCUT2D eigenvalue weighted by Gasteiger charge is 2.36. The second-order valence-electron chi connectivity index (χ2n) is 5.10. The highest BCUT2D eigenvalue weighted by molar-refractivity contribution is 7.89. The van der Waals surface area contributed by atoms with E-state index in [0.717, 1.165) is 0 Å². The summed E-state index contributed by atoms with van der Waals surface area (Å²) in [6.07, 6.45) is 0.0158. The lowest BCUT2D eigenvalue weighted by Gasteiger charge is -2.18. The van der Waals surface area contributed by atoms with Crippen molar-refractivity contribution in [2.75, 3.05) is 17.2 Å². The third-order valence-corrected chi connectivity index (χ3v) is 4.29. The van der Waals surface area contributed by atoms with E-state index in [1.165, 1.54) is 11.0 Å². The summed E-state index contributed by atoms with van der Waals surface area (Å²) < 4.78 is 22.2. The van der Waals surface area contributed by atoms with Crippen LogP contribution in [0.5, 0.6) is 0 Å². The molecule has 0 spiro atoms. The third-order valence-electron chi connectivity index (χ3n) is 3.36. The van der Waals surface area contributed by atoms with Crippen molar-refractivity contribution in [3.8, 4) is 0 Å². The standard InChI is InChI=1S/C12H15N3O5S/c1-8-3-2-4-10(15(17)18)12(8)14-6-9(5-11(14)16)7-21(13,19)20/h2-4,9H,5-7H2,1H3,(H2,13,19,20). The number of carbonyl (C=O) groups excluding carboxylic acids is 1. The van der Waals surface area contributed by atoms with E-state index in [2.05, 4.69) is 0 Å². The van der Waals surface area contributed by atoms with Gasteiger partial charge in [0.2, 0.25) is 15.9 Å². The number of hydrogen-bond acceptors (Lipinski definition) is 5. The Hall–Kier alpha value is -2.00. The quantitative estimate of drug-likeness (QED) is 0.642. The normalized spacial score (nSPS) is 19.0. The highest BCUT2D eigenvalue weighted by Crippen LogP contribution is 2.35. The number of nitrogens with zero attached hydrogens (tertiary/aromatic N) is 2. The van der Waals surface area contributed by atoms with Crippen molar-refractivity contribution >= 4 is 27.3 Å². The zero-order valence-electron chi connectivity index (χ0n) is 11.4. The Morgan fingerprint density at radius 2 is 2.14 bits per heavy atom. The molecule has 1 aliphatic heterocycles. The van der Waals surface area contributed by atoms with E-state index >= 15 is 0 Å². The molecule has 2 N–H and O–H groups in total. The van der Waals surface area contributed by atoms with E-state index in [4.69, 9.17) is 5.14 Å². The van der Waals surface area contributed by atoms with Crippen LogP contribution in [0.4, 0.5) is 11.4 Å². The maximum Gasteiger partial charge on any atom is 0.293 e. The summed E-state index contributed by atoms with van der Waals surface area (Å²) in [5.41, 5.74) is 0.651. The zero-order chi connectivity index (χ0) is 15.8. The fourth-order valence-electron chi connectivity index (χ4n) is 2.58. The smallest absolute Gasteiger partial charge is 0.293 e. The molecule has 1 unspecified atom stereocenters. The summed E-state index contributed by atoms with van der Waals surface area (Å²) in [6, 6.07) is 4.53. The van der Waals surface area contributed by atoms with Gasteiger partial charge in [-0.3, -0.25) is 14.9 Å². The number of nitro groups is 1. The second-order valence-corrected chi connectivity index (χ2v) is 6.76. The molecule has 1 amide bonds. The molecular weight excluding hydrogens is 298 g/mol. The van der Waals surface area contributed by atoms with Gasteiger partial charge < -0.3 is 4.90 Å². The number of para-hydroxylation sites is 1. The van der Waals surface area contributed by atoms with Gasteiger partial charge in [0.25, 0.3) is 5.69 Å². The first-order chi connectivity index (χ1) is 9.69. The predicted octanol–water partition coefficient (Wildman–Crippen LogP) is 0.545. The number of benzene rings is 1. The molecule has 2 rings (SSSR count). The third kappa shape index (κ3) is 3.37. The fraction of sp³-hybridized carbons (Fsp3) is 0.417. The molecule has 21 heavy (non-hydrogen) atoms. The Kier molecular flexibility index (Phi) is 3.97. The molecule has 0 radical (unpaired) electrons. The van der Waals surface area contributed by atoms with Gasteiger partial charge in [-0.05, 0) is 12.5 Å². The van der Waals surface area contributed by atoms with Crippen LogP contribution in [0.1, 0.15) is 12.0 Å². The number of sulfonamides is 1. The van der Waals surface area contributed by atoms with Crippen LogP contribution in [0.25, 0.3) is 0 Å². The predicted molar refractivity (Wildman–Crippen MR) is 76.3 cm³/mol. The number of aryl methyl sites for hydroxylation is 1. The molecular formula is C12H15N3O5S. The van der Waals surface area contributed by atoms with Crippen molar-refractivity contribution in [1.29, 1.82) is 0 Å². The monoisotopic (exact) mass is 313 g/mol. The lowest BCUT2D eigenvalue weighted by Crippen LogP contribution is -2.28. The van der Waals surface area contributed by atoms with Crippen molar-refractivity contribution in [1.82, 2.24) is 0 Å². The molecule has 8 nitrogen and oxygen atoms in total. The summed E-state index contributed by atoms with van der Waals surface area (Å²) in [5, 5.41) is 16.1. The second kappa shape index (κ2) is 5.41. The lowest BCUT2D eigenvalue weighted by atomic mass is 10.1. The van der Waals surface area contributed by atoms with E-state index in [1.54, 1.807) is 19.1 Å². The SMILES string of the molecule is Cc1cccc([N+](=O)[O-])c1N1CC(CS(N)(=O)=O)CC1=O. The van der Waals surface area contributed by atoms with Gasteiger partial charge in [-0.1, -0.05) is 12.1 Å². The van der Waals surface area contributed by atoms with E-state index in [9.17, 15) is 23.3 Å². The van der Waals surface area contributed by atoms with Gasteiger partial charge in [0, 0.05) is 24.9 Å². The number of nitro benzene ring substituents is 1. The molecule has 0 saturated carbocycles. The van der Waals surface area contributed by atoms with Gasteiger partial charge in [-0.2, -0.15) is 0 Å². The van der Waals surface area contributed by atoms with Crippen LogP contribution in [0.3, 0.4) is 0 Å². The molecule has 1 saturated heterocycles. The average molecular weight is 313 g/mol. The molecule has 1 aromatic carbocycles. The first-order valence-corrected chi connectivity index (χ1v) is 7.95. The first-order valence-electron chi connectivity index (χ1n) is 6.24. The molecule has 0 bridgehead atoms. The van der Waals surface area contributed by atoms with Gasteiger partial charge in [-0.25, -0.2) is 13.6 Å². The van der Waals surface area contributed by atoms with Gasteiger partial charge in [-0.15, -0.1) is 0 Å². The van der Waals surface area contributed by atoms with Crippen LogP contribution in [-0.4, -0.2) is 31.5 Å². The van der Waals surface area contributed by atoms with Gasteiger partial charge in [0.05, 0.1) is 10.7 Å². The van der Waals surface area contributed by atoms with Crippen LogP contribution < -0.4 is 10.0 Å². The molecule has 1 aromatic rings. The van der Waals surface area contributed by atoms with E-state index in [-0.39, 0.29) is 36.0 Å². The summed E-state index contributed by atoms with van der Waals surface area (Å²) in [7, 11) is -3.69. The largest absolute Gasteiger partial charge is 0.306 e. The number of primary sulfonamides is 1. The lowest BCUT2D eigenvalue weighted by molar-refractivity contribution is -0.384. The van der Waals surface area contributed by atoms with Gasteiger partial charge in [0.15, 0.2) is 0 Å². The summed E-state index contributed by atoms with van der Waals surface area (Å²) in [4.78, 5) is 23.9. The molecule has 0 aromatic heterocycles. The van der Waals surface area contributed by atoms with Crippen LogP contribution in [0.15, 0.2) is 18.2 Å². The molecule has 1 fully saturated rings. The topological polar surface area (TPSA) is 124 Å². The number of hydrogen-bond donors (Lipinski definition) is 1. The van der Waals surface area contributed by atoms with Crippen molar-refractivity contribution in [2.45, 2.75) is 13.3 Å². The number of amides is 1. The van der Waals surface area contributed by atoms with Crippen molar-refractivity contribution in [3.63, 3.8) is 0 Å². The summed E-state index contributed by atoms with van der Waals surface area (Å²) >= 11 is 0. The summed E-state index contributed by atoms with van der Waals surface area (Å²) in [5.74, 6) is -1.10. The minimum absolute atomic E-state index is 0.0158. The van der Waals surface area contributed by atoms with E-state index in [1.807, 2.05) is 0 Å². The Morgan fingerprint density at radius 3 is 2.71 bits per heavy atom. The van der Waals surface area contributed by atoms with E-state index in [0.29, 0.717) is 5.56 Å². The molecule has 1 aliphatic rings. The van der Waals surface area contributed by atoms with Crippen molar-refractivity contribution in [3.05, 3.63) is 33.9 Å². The number of rotatable bonds is 4.